The van der Waals surface area contributed by atoms with Gasteiger partial charge in [0.15, 0.2) is 0 Å². The van der Waals surface area contributed by atoms with E-state index in [1.165, 1.54) is 16.9 Å². The maximum atomic E-state index is 3.92. The van der Waals surface area contributed by atoms with Crippen molar-refractivity contribution in [2.45, 2.75) is 13.8 Å². The number of benzene rings is 1. The highest BCUT2D eigenvalue weighted by molar-refractivity contribution is 5.66. The second-order valence-corrected chi connectivity index (χ2v) is 4.00. The summed E-state index contributed by atoms with van der Waals surface area (Å²) in [5.41, 5.74) is 4.76. The molecule has 1 heteroatoms. The molecule has 0 atom stereocenters. The van der Waals surface area contributed by atoms with Gasteiger partial charge >= 0.3 is 0 Å². The first-order valence-corrected chi connectivity index (χ1v) is 5.81. The Hall–Kier alpha value is -2.02. The molecular weight excluding hydrogens is 206 g/mol. The summed E-state index contributed by atoms with van der Waals surface area (Å²) in [4.78, 5) is 0. The number of rotatable bonds is 3. The van der Waals surface area contributed by atoms with Crippen molar-refractivity contribution in [3.8, 4) is 5.69 Å². The minimum atomic E-state index is 1.15. The minimum Gasteiger partial charge on any atom is -0.314 e. The molecule has 2 aromatic rings. The highest BCUT2D eigenvalue weighted by Crippen LogP contribution is 2.23. The van der Waals surface area contributed by atoms with E-state index in [2.05, 4.69) is 60.6 Å². The van der Waals surface area contributed by atoms with E-state index in [9.17, 15) is 0 Å². The van der Waals surface area contributed by atoms with Gasteiger partial charge in [-0.3, -0.25) is 0 Å². The number of hydrogen-bond donors (Lipinski definition) is 0. The fraction of sp³-hybridized carbons (Fsp3) is 0.125. The summed E-state index contributed by atoms with van der Waals surface area (Å²) in [6.45, 7) is 8.07. The lowest BCUT2D eigenvalue weighted by Crippen LogP contribution is -1.98. The average Bonchev–Trinajstić information content (AvgIpc) is 2.67. The molecule has 17 heavy (non-hydrogen) atoms. The van der Waals surface area contributed by atoms with Crippen LogP contribution >= 0.6 is 0 Å². The lowest BCUT2D eigenvalue weighted by Gasteiger charge is -2.09. The Kier molecular flexibility index (Phi) is 3.29. The van der Waals surface area contributed by atoms with Crippen LogP contribution in [0.1, 0.15) is 23.9 Å². The van der Waals surface area contributed by atoms with Crippen molar-refractivity contribution in [1.29, 1.82) is 0 Å². The predicted octanol–water partition coefficient (Wildman–Crippen LogP) is 4.46. The summed E-state index contributed by atoms with van der Waals surface area (Å²) in [5.74, 6) is 0. The summed E-state index contributed by atoms with van der Waals surface area (Å²) in [5, 5.41) is 0. The Labute approximate surface area is 103 Å². The van der Waals surface area contributed by atoms with Gasteiger partial charge in [0.1, 0.15) is 0 Å². The molecule has 0 aliphatic rings. The van der Waals surface area contributed by atoms with Crippen molar-refractivity contribution >= 4 is 12.2 Å². The van der Waals surface area contributed by atoms with Crippen LogP contribution in [0.15, 0.2) is 49.1 Å². The normalized spacial score (nSPS) is 10.9. The van der Waals surface area contributed by atoms with Crippen molar-refractivity contribution in [3.05, 3.63) is 66.0 Å². The molecule has 1 nitrogen and oxygen atoms in total. The van der Waals surface area contributed by atoms with E-state index in [0.29, 0.717) is 0 Å². The second-order valence-electron chi connectivity index (χ2n) is 4.00. The first kappa shape index (κ1) is 11.5. The molecule has 0 saturated heterocycles. The molecule has 0 fully saturated rings. The Morgan fingerprint density at radius 1 is 1.18 bits per heavy atom. The highest BCUT2D eigenvalue weighted by atomic mass is 15.0. The Bertz CT molecular complexity index is 544. The summed E-state index contributed by atoms with van der Waals surface area (Å²) in [6.07, 6.45) is 6.08. The molecule has 0 bridgehead atoms. The van der Waals surface area contributed by atoms with Gasteiger partial charge in [0.05, 0.1) is 5.69 Å². The molecule has 0 N–H and O–H groups in total. The topological polar surface area (TPSA) is 4.93 Å². The predicted molar refractivity (Wildman–Crippen MR) is 75.3 cm³/mol. The van der Waals surface area contributed by atoms with Gasteiger partial charge in [0.25, 0.3) is 0 Å². The molecule has 0 aliphatic heterocycles. The standard InChI is InChI=1S/C16H17N/c1-4-9-14-12-13(3)17(16(14)5-2)15-10-7-6-8-11-15/h4-12H,2H2,1,3H3/b9-4-. The molecule has 0 spiro atoms. The smallest absolute Gasteiger partial charge is 0.0525 e. The Morgan fingerprint density at radius 3 is 2.47 bits per heavy atom. The summed E-state index contributed by atoms with van der Waals surface area (Å²) < 4.78 is 2.22. The van der Waals surface area contributed by atoms with Gasteiger partial charge in [-0.15, -0.1) is 0 Å². The Morgan fingerprint density at radius 2 is 1.88 bits per heavy atom. The van der Waals surface area contributed by atoms with Gasteiger partial charge in [0, 0.05) is 11.4 Å². The molecule has 0 radical (unpaired) electrons. The zero-order chi connectivity index (χ0) is 12.3. The molecule has 1 aromatic carbocycles. The van der Waals surface area contributed by atoms with E-state index < -0.39 is 0 Å². The van der Waals surface area contributed by atoms with Crippen LogP contribution in [0.25, 0.3) is 17.8 Å². The number of aromatic nitrogens is 1. The molecule has 0 amide bonds. The summed E-state index contributed by atoms with van der Waals surface area (Å²) >= 11 is 0. The zero-order valence-corrected chi connectivity index (χ0v) is 10.4. The maximum absolute atomic E-state index is 3.92. The summed E-state index contributed by atoms with van der Waals surface area (Å²) in [6, 6.07) is 12.5. The van der Waals surface area contributed by atoms with E-state index in [4.69, 9.17) is 0 Å². The van der Waals surface area contributed by atoms with Gasteiger partial charge in [-0.25, -0.2) is 0 Å². The molecule has 2 rings (SSSR count). The molecular formula is C16H17N. The Balaban J connectivity index is 2.65. The quantitative estimate of drug-likeness (QED) is 0.724. The highest BCUT2D eigenvalue weighted by Gasteiger charge is 2.09. The monoisotopic (exact) mass is 223 g/mol. The maximum Gasteiger partial charge on any atom is 0.0525 e. The van der Waals surface area contributed by atoms with Gasteiger partial charge < -0.3 is 4.57 Å². The van der Waals surface area contributed by atoms with Crippen molar-refractivity contribution in [3.63, 3.8) is 0 Å². The van der Waals surface area contributed by atoms with Crippen molar-refractivity contribution < 1.29 is 0 Å². The second kappa shape index (κ2) is 4.88. The fourth-order valence-electron chi connectivity index (χ4n) is 2.12. The zero-order valence-electron chi connectivity index (χ0n) is 10.4. The number of para-hydroxylation sites is 1. The van der Waals surface area contributed by atoms with Crippen LogP contribution in [0.2, 0.25) is 0 Å². The van der Waals surface area contributed by atoms with Crippen LogP contribution < -0.4 is 0 Å². The van der Waals surface area contributed by atoms with Crippen LogP contribution in [-0.4, -0.2) is 4.57 Å². The fourth-order valence-corrected chi connectivity index (χ4v) is 2.12. The number of aryl methyl sites for hydroxylation is 1. The van der Waals surface area contributed by atoms with Gasteiger partial charge in [-0.2, -0.15) is 0 Å². The molecule has 1 aromatic heterocycles. The number of hydrogen-bond acceptors (Lipinski definition) is 0. The van der Waals surface area contributed by atoms with Crippen molar-refractivity contribution in [2.24, 2.45) is 0 Å². The van der Waals surface area contributed by atoms with Crippen LogP contribution in [-0.2, 0) is 0 Å². The van der Waals surface area contributed by atoms with Crippen LogP contribution in [0.5, 0.6) is 0 Å². The van der Waals surface area contributed by atoms with E-state index in [0.717, 1.165) is 5.69 Å². The molecule has 0 aliphatic carbocycles. The van der Waals surface area contributed by atoms with E-state index in [-0.39, 0.29) is 0 Å². The molecule has 86 valence electrons. The van der Waals surface area contributed by atoms with Crippen LogP contribution in [0.4, 0.5) is 0 Å². The third kappa shape index (κ3) is 2.09. The SMILES string of the molecule is C=Cc1c(/C=C\C)cc(C)n1-c1ccccc1. The largest absolute Gasteiger partial charge is 0.314 e. The van der Waals surface area contributed by atoms with Crippen molar-refractivity contribution in [2.75, 3.05) is 0 Å². The van der Waals surface area contributed by atoms with Crippen molar-refractivity contribution in [1.82, 2.24) is 4.57 Å². The van der Waals surface area contributed by atoms with Gasteiger partial charge in [-0.05, 0) is 43.7 Å². The first-order chi connectivity index (χ1) is 8.27. The summed E-state index contributed by atoms with van der Waals surface area (Å²) in [7, 11) is 0. The van der Waals surface area contributed by atoms with Crippen LogP contribution in [0, 0.1) is 6.92 Å². The first-order valence-electron chi connectivity index (χ1n) is 5.81. The van der Waals surface area contributed by atoms with Gasteiger partial charge in [-0.1, -0.05) is 36.9 Å². The average molecular weight is 223 g/mol. The lowest BCUT2D eigenvalue weighted by atomic mass is 10.2. The molecule has 1 heterocycles. The number of nitrogens with zero attached hydrogens (tertiary/aromatic N) is 1. The van der Waals surface area contributed by atoms with E-state index in [1.54, 1.807) is 0 Å². The third-order valence-corrected chi connectivity index (χ3v) is 2.81. The lowest BCUT2D eigenvalue weighted by molar-refractivity contribution is 1.00. The molecule has 0 unspecified atom stereocenters. The third-order valence-electron chi connectivity index (χ3n) is 2.81. The van der Waals surface area contributed by atoms with E-state index in [1.807, 2.05) is 19.1 Å². The number of allylic oxidation sites excluding steroid dienone is 1. The van der Waals surface area contributed by atoms with E-state index >= 15 is 0 Å². The van der Waals surface area contributed by atoms with Crippen LogP contribution in [0.3, 0.4) is 0 Å². The minimum absolute atomic E-state index is 1.15. The molecule has 0 saturated carbocycles. The van der Waals surface area contributed by atoms with Gasteiger partial charge in [0.2, 0.25) is 0 Å².